The Kier molecular flexibility index (Phi) is 5.90. The first-order valence-corrected chi connectivity index (χ1v) is 5.61. The molecule has 0 aliphatic rings. The van der Waals surface area contributed by atoms with Crippen LogP contribution in [0.1, 0.15) is 0 Å². The number of para-hydroxylation sites is 1. The summed E-state index contributed by atoms with van der Waals surface area (Å²) < 4.78 is 61.8. The van der Waals surface area contributed by atoms with Gasteiger partial charge < -0.3 is 4.90 Å². The van der Waals surface area contributed by atoms with Gasteiger partial charge in [0, 0.05) is 0 Å². The van der Waals surface area contributed by atoms with E-state index >= 15 is 0 Å². The van der Waals surface area contributed by atoms with Crippen LogP contribution >= 0.6 is 0 Å². The van der Waals surface area contributed by atoms with Crippen LogP contribution in [0, 0.1) is 29.1 Å². The molecular weight excluding hydrogens is 288 g/mol. The summed E-state index contributed by atoms with van der Waals surface area (Å²) in [6.07, 6.45) is 0. The van der Waals surface area contributed by atoms with Gasteiger partial charge in [-0.3, -0.25) is 0 Å². The lowest BCUT2D eigenvalue weighted by atomic mass is 9.94. The van der Waals surface area contributed by atoms with E-state index in [-0.39, 0.29) is 0 Å². The molecule has 0 amide bonds. The summed E-state index contributed by atoms with van der Waals surface area (Å²) in [4.78, 5) is 1.37. The number of quaternary nitrogens is 1. The van der Waals surface area contributed by atoms with Gasteiger partial charge in [-0.25, -0.2) is 22.0 Å². The summed E-state index contributed by atoms with van der Waals surface area (Å²) in [5.74, 6) is -9.13. The first kappa shape index (κ1) is 17.2. The van der Waals surface area contributed by atoms with Crippen molar-refractivity contribution in [2.45, 2.75) is 0 Å². The molecule has 114 valence electrons. The van der Waals surface area contributed by atoms with Gasteiger partial charge in [-0.1, -0.05) is 18.2 Å². The molecule has 0 bridgehead atoms. The normalized spacial score (nSPS) is 10.3. The molecule has 0 saturated carbocycles. The van der Waals surface area contributed by atoms with E-state index in [0.717, 1.165) is 0 Å². The molecule has 0 radical (unpaired) electrons. The monoisotopic (exact) mass is 303 g/mol. The summed E-state index contributed by atoms with van der Waals surface area (Å²) in [6.45, 7) is 0. The molecule has 0 aromatic heterocycles. The van der Waals surface area contributed by atoms with E-state index in [0.29, 0.717) is 0 Å². The Balaban J connectivity index is 0.000000219. The van der Waals surface area contributed by atoms with E-state index in [1.54, 1.807) is 0 Å². The first-order chi connectivity index (χ1) is 9.77. The standard InChI is InChI=1S/C8H11N.C6H3BF5/c1-9(2)8-6-4-3-5-7-8;7-1-2(8)4(10)6(12)5(11)3(1)9/h3-7H,1-2H3;7H3/q;-1/p+1. The van der Waals surface area contributed by atoms with Gasteiger partial charge in [-0.2, -0.15) is 0 Å². The van der Waals surface area contributed by atoms with E-state index < -0.39 is 42.4 Å². The van der Waals surface area contributed by atoms with Gasteiger partial charge in [-0.15, -0.1) is 5.46 Å². The van der Waals surface area contributed by atoms with Gasteiger partial charge >= 0.3 is 0 Å². The van der Waals surface area contributed by atoms with Crippen molar-refractivity contribution < 1.29 is 26.9 Å². The Morgan fingerprint density at radius 2 is 1.10 bits per heavy atom. The predicted octanol–water partition coefficient (Wildman–Crippen LogP) is 0.835. The molecule has 7 heteroatoms. The molecule has 0 atom stereocenters. The molecule has 2 aromatic carbocycles. The zero-order chi connectivity index (χ0) is 16.2. The molecule has 0 aliphatic carbocycles. The molecule has 0 heterocycles. The second-order valence-corrected chi connectivity index (χ2v) is 4.06. The van der Waals surface area contributed by atoms with Crippen LogP contribution in [0.2, 0.25) is 0 Å². The third-order valence-electron chi connectivity index (χ3n) is 2.34. The third kappa shape index (κ3) is 4.04. The molecule has 0 fully saturated rings. The maximum absolute atomic E-state index is 12.5. The number of benzene rings is 2. The fraction of sp³-hybridized carbons (Fsp3) is 0.143. The van der Waals surface area contributed by atoms with Gasteiger partial charge in [0.1, 0.15) is 17.3 Å². The lowest BCUT2D eigenvalue weighted by Gasteiger charge is -2.06. The Morgan fingerprint density at radius 3 is 1.43 bits per heavy atom. The second-order valence-electron chi connectivity index (χ2n) is 4.06. The molecule has 2 rings (SSSR count). The molecular formula is C14H15BF5N. The fourth-order valence-corrected chi connectivity index (χ4v) is 1.27. The molecule has 0 spiro atoms. The minimum absolute atomic E-state index is 0.619. The van der Waals surface area contributed by atoms with Crippen LogP contribution in [0.4, 0.5) is 27.6 Å². The van der Waals surface area contributed by atoms with E-state index in [1.807, 2.05) is 6.07 Å². The van der Waals surface area contributed by atoms with Crippen LogP contribution in [0.15, 0.2) is 30.3 Å². The highest BCUT2D eigenvalue weighted by Gasteiger charge is 2.19. The number of nitrogens with one attached hydrogen (secondary N) is 1. The minimum atomic E-state index is -2.09. The average molecular weight is 303 g/mol. The maximum Gasteiger partial charge on any atom is 0.200 e. The van der Waals surface area contributed by atoms with Crippen molar-refractivity contribution in [3.63, 3.8) is 0 Å². The van der Waals surface area contributed by atoms with Crippen LogP contribution in [-0.2, 0) is 0 Å². The third-order valence-corrected chi connectivity index (χ3v) is 2.34. The SMILES string of the molecule is C[NH+](C)c1ccccc1.[BH3-]c1c(F)c(F)c(F)c(F)c1F. The second kappa shape index (κ2) is 7.22. The van der Waals surface area contributed by atoms with Gasteiger partial charge in [0.15, 0.2) is 17.5 Å². The summed E-state index contributed by atoms with van der Waals surface area (Å²) in [5, 5.41) is 0. The number of halogens is 5. The van der Waals surface area contributed by atoms with Gasteiger partial charge in [0.2, 0.25) is 0 Å². The summed E-state index contributed by atoms with van der Waals surface area (Å²) >= 11 is 0. The molecule has 21 heavy (non-hydrogen) atoms. The molecule has 0 saturated heterocycles. The Bertz CT molecular complexity index is 512. The van der Waals surface area contributed by atoms with Crippen molar-refractivity contribution in [2.75, 3.05) is 14.1 Å². The Labute approximate surface area is 120 Å². The smallest absolute Gasteiger partial charge is 0.200 e. The molecule has 1 N–H and O–H groups in total. The molecule has 1 nitrogen and oxygen atoms in total. The first-order valence-electron chi connectivity index (χ1n) is 5.61. The minimum Gasteiger partial charge on any atom is -0.307 e. The van der Waals surface area contributed by atoms with Crippen molar-refractivity contribution in [2.24, 2.45) is 0 Å². The van der Waals surface area contributed by atoms with Crippen molar-refractivity contribution in [1.29, 1.82) is 0 Å². The van der Waals surface area contributed by atoms with Crippen molar-refractivity contribution in [1.82, 2.24) is 0 Å². The summed E-state index contributed by atoms with van der Waals surface area (Å²) in [7, 11) is 3.19. The zero-order valence-electron chi connectivity index (χ0n) is 10.8. The molecule has 0 unspecified atom stereocenters. The Morgan fingerprint density at radius 1 is 0.714 bits per heavy atom. The molecule has 2 aromatic rings. The van der Waals surface area contributed by atoms with Crippen molar-refractivity contribution >= 4 is 19.0 Å². The number of rotatable bonds is 1. The van der Waals surface area contributed by atoms with Crippen molar-refractivity contribution in [3.05, 3.63) is 59.4 Å². The number of hydrogen-bond acceptors (Lipinski definition) is 0. The van der Waals surface area contributed by atoms with Crippen LogP contribution in [-0.4, -0.2) is 21.9 Å². The highest BCUT2D eigenvalue weighted by atomic mass is 19.2. The average Bonchev–Trinajstić information content (AvgIpc) is 2.50. The van der Waals surface area contributed by atoms with Crippen LogP contribution in [0.5, 0.6) is 0 Å². The predicted molar refractivity (Wildman–Crippen MR) is 74.7 cm³/mol. The van der Waals surface area contributed by atoms with Crippen molar-refractivity contribution in [3.8, 4) is 0 Å². The van der Waals surface area contributed by atoms with Gasteiger partial charge in [-0.05, 0) is 20.0 Å². The lowest BCUT2D eigenvalue weighted by Crippen LogP contribution is -3.00. The van der Waals surface area contributed by atoms with Gasteiger partial charge in [0.05, 0.1) is 14.1 Å². The zero-order valence-corrected chi connectivity index (χ0v) is 10.8. The number of hydrogen-bond donors (Lipinski definition) is 1. The van der Waals surface area contributed by atoms with E-state index in [1.165, 1.54) is 10.6 Å². The summed E-state index contributed by atoms with van der Waals surface area (Å²) in [5.41, 5.74) is 0.712. The highest BCUT2D eigenvalue weighted by molar-refractivity contribution is 6.32. The Hall–Kier alpha value is -1.89. The lowest BCUT2D eigenvalue weighted by molar-refractivity contribution is -0.786. The largest absolute Gasteiger partial charge is 0.307 e. The van der Waals surface area contributed by atoms with Crippen LogP contribution in [0.25, 0.3) is 0 Å². The van der Waals surface area contributed by atoms with Gasteiger partial charge in [0.25, 0.3) is 0 Å². The maximum atomic E-state index is 12.5. The summed E-state index contributed by atoms with van der Waals surface area (Å²) in [6, 6.07) is 10.4. The topological polar surface area (TPSA) is 4.44 Å². The van der Waals surface area contributed by atoms with E-state index in [2.05, 4.69) is 38.4 Å². The molecule has 0 aliphatic heterocycles. The van der Waals surface area contributed by atoms with Crippen LogP contribution in [0.3, 0.4) is 0 Å². The van der Waals surface area contributed by atoms with E-state index in [4.69, 9.17) is 0 Å². The quantitative estimate of drug-likeness (QED) is 0.345. The van der Waals surface area contributed by atoms with Crippen LogP contribution < -0.4 is 10.4 Å². The van der Waals surface area contributed by atoms with E-state index in [9.17, 15) is 22.0 Å². The highest BCUT2D eigenvalue weighted by Crippen LogP contribution is 2.14. The fourth-order valence-electron chi connectivity index (χ4n) is 1.27.